The van der Waals surface area contributed by atoms with E-state index in [1.54, 1.807) is 0 Å². The topological polar surface area (TPSA) is 34.2 Å². The molecule has 0 aliphatic rings. The molecule has 0 spiro atoms. The highest BCUT2D eigenvalue weighted by molar-refractivity contribution is 5.93. The maximum absolute atomic E-state index is 5.71. The highest BCUT2D eigenvalue weighted by Gasteiger charge is 2.13. The smallest absolute Gasteiger partial charge is 0.0626 e. The molecule has 0 radical (unpaired) electrons. The number of rotatable bonds is 3. The molecule has 1 aromatic heterocycles. The molecule has 0 fully saturated rings. The Morgan fingerprint density at radius 2 is 2.06 bits per heavy atom. The van der Waals surface area contributed by atoms with Gasteiger partial charge >= 0.3 is 0 Å². The van der Waals surface area contributed by atoms with Crippen LogP contribution >= 0.6 is 0 Å². The Kier molecular flexibility index (Phi) is 2.88. The number of anilines is 1. The van der Waals surface area contributed by atoms with Gasteiger partial charge < -0.3 is 15.2 Å². The van der Waals surface area contributed by atoms with Gasteiger partial charge in [0.25, 0.3) is 0 Å². The van der Waals surface area contributed by atoms with Crippen LogP contribution in [0.2, 0.25) is 0 Å². The van der Waals surface area contributed by atoms with Gasteiger partial charge in [0, 0.05) is 43.8 Å². The van der Waals surface area contributed by atoms with Gasteiger partial charge in [-0.3, -0.25) is 0 Å². The summed E-state index contributed by atoms with van der Waals surface area (Å²) in [6.07, 6.45) is 2.16. The molecular formula is C13H19N3. The van der Waals surface area contributed by atoms with Crippen LogP contribution in [0.4, 0.5) is 5.69 Å². The van der Waals surface area contributed by atoms with Crippen LogP contribution in [0, 0.1) is 0 Å². The van der Waals surface area contributed by atoms with Crippen molar-refractivity contribution in [3.63, 3.8) is 0 Å². The van der Waals surface area contributed by atoms with Crippen molar-refractivity contribution in [3.05, 3.63) is 30.5 Å². The number of nitrogens with two attached hydrogens (primary N) is 1. The minimum absolute atomic E-state index is 0.353. The van der Waals surface area contributed by atoms with E-state index in [0.29, 0.717) is 12.6 Å². The van der Waals surface area contributed by atoms with E-state index in [2.05, 4.69) is 60.9 Å². The molecule has 0 saturated carbocycles. The van der Waals surface area contributed by atoms with Crippen LogP contribution in [0.15, 0.2) is 30.5 Å². The van der Waals surface area contributed by atoms with Crippen LogP contribution in [-0.4, -0.2) is 24.2 Å². The average Bonchev–Trinajstić information content (AvgIpc) is 2.65. The summed E-state index contributed by atoms with van der Waals surface area (Å²) in [6, 6.07) is 8.79. The summed E-state index contributed by atoms with van der Waals surface area (Å²) in [5, 5.41) is 1.28. The average molecular weight is 217 g/mol. The fourth-order valence-electron chi connectivity index (χ4n) is 2.00. The second-order valence-electron chi connectivity index (χ2n) is 4.34. The monoisotopic (exact) mass is 217 g/mol. The first kappa shape index (κ1) is 11.0. The number of para-hydroxylation sites is 1. The van der Waals surface area contributed by atoms with E-state index in [4.69, 9.17) is 5.73 Å². The number of aromatic nitrogens is 1. The van der Waals surface area contributed by atoms with Crippen molar-refractivity contribution < 1.29 is 0 Å². The summed E-state index contributed by atoms with van der Waals surface area (Å²) >= 11 is 0. The van der Waals surface area contributed by atoms with Crippen molar-refractivity contribution in [1.82, 2.24) is 4.57 Å². The molecule has 0 bridgehead atoms. The quantitative estimate of drug-likeness (QED) is 0.852. The van der Waals surface area contributed by atoms with Gasteiger partial charge in [0.2, 0.25) is 0 Å². The Morgan fingerprint density at radius 1 is 1.38 bits per heavy atom. The van der Waals surface area contributed by atoms with Gasteiger partial charge in [-0.15, -0.1) is 0 Å². The zero-order valence-corrected chi connectivity index (χ0v) is 10.1. The molecule has 1 aromatic carbocycles. The second-order valence-corrected chi connectivity index (χ2v) is 4.34. The number of fused-ring (bicyclic) bond motifs is 1. The fraction of sp³-hybridized carbons (Fsp3) is 0.385. The first-order chi connectivity index (χ1) is 7.65. The summed E-state index contributed by atoms with van der Waals surface area (Å²) < 4.78 is 2.16. The van der Waals surface area contributed by atoms with Crippen molar-refractivity contribution >= 4 is 16.6 Å². The van der Waals surface area contributed by atoms with E-state index in [9.17, 15) is 0 Å². The Hall–Kier alpha value is -1.48. The molecule has 16 heavy (non-hydrogen) atoms. The van der Waals surface area contributed by atoms with E-state index in [-0.39, 0.29) is 0 Å². The van der Waals surface area contributed by atoms with Crippen LogP contribution in [0.3, 0.4) is 0 Å². The van der Waals surface area contributed by atoms with Crippen LogP contribution in [0.1, 0.15) is 6.92 Å². The molecule has 0 aliphatic heterocycles. The Morgan fingerprint density at radius 3 is 2.75 bits per heavy atom. The molecule has 2 rings (SSSR count). The van der Waals surface area contributed by atoms with Crippen LogP contribution in [0.5, 0.6) is 0 Å². The summed E-state index contributed by atoms with van der Waals surface area (Å²) in [4.78, 5) is 2.24. The third-order valence-electron chi connectivity index (χ3n) is 3.26. The van der Waals surface area contributed by atoms with Crippen LogP contribution in [0.25, 0.3) is 10.9 Å². The van der Waals surface area contributed by atoms with Gasteiger partial charge in [-0.25, -0.2) is 0 Å². The molecule has 86 valence electrons. The standard InChI is InChI=1S/C13H19N3/c1-10(8-14)16(3)13-9-15(2)12-7-5-4-6-11(12)13/h4-7,9-10H,8,14H2,1-3H3. The molecule has 0 aliphatic carbocycles. The SMILES string of the molecule is CC(CN)N(C)c1cn(C)c2ccccc12. The first-order valence-electron chi connectivity index (χ1n) is 5.62. The fourth-order valence-corrected chi connectivity index (χ4v) is 2.00. The predicted molar refractivity (Wildman–Crippen MR) is 69.8 cm³/mol. The van der Waals surface area contributed by atoms with Crippen molar-refractivity contribution in [2.24, 2.45) is 12.8 Å². The Bertz CT molecular complexity index is 487. The molecular weight excluding hydrogens is 198 g/mol. The predicted octanol–water partition coefficient (Wildman–Crippen LogP) is 1.96. The second kappa shape index (κ2) is 4.18. The third-order valence-corrected chi connectivity index (χ3v) is 3.26. The third kappa shape index (κ3) is 1.67. The minimum atomic E-state index is 0.353. The van der Waals surface area contributed by atoms with E-state index in [0.717, 1.165) is 0 Å². The molecule has 2 N–H and O–H groups in total. The van der Waals surface area contributed by atoms with E-state index in [1.165, 1.54) is 16.6 Å². The maximum atomic E-state index is 5.71. The van der Waals surface area contributed by atoms with Crippen molar-refractivity contribution in [3.8, 4) is 0 Å². The lowest BCUT2D eigenvalue weighted by Gasteiger charge is -2.25. The first-order valence-corrected chi connectivity index (χ1v) is 5.62. The molecule has 3 nitrogen and oxygen atoms in total. The van der Waals surface area contributed by atoms with E-state index in [1.807, 2.05) is 0 Å². The molecule has 1 atom stereocenters. The van der Waals surface area contributed by atoms with Gasteiger partial charge in [-0.05, 0) is 13.0 Å². The number of benzene rings is 1. The lowest BCUT2D eigenvalue weighted by molar-refractivity contribution is 0.696. The summed E-state index contributed by atoms with van der Waals surface area (Å²) in [5.74, 6) is 0. The Balaban J connectivity index is 2.52. The maximum Gasteiger partial charge on any atom is 0.0626 e. The number of nitrogens with zero attached hydrogens (tertiary/aromatic N) is 2. The molecule has 0 saturated heterocycles. The van der Waals surface area contributed by atoms with E-state index >= 15 is 0 Å². The summed E-state index contributed by atoms with van der Waals surface area (Å²) in [7, 11) is 4.17. The van der Waals surface area contributed by atoms with Gasteiger partial charge in [0.1, 0.15) is 0 Å². The normalized spacial score (nSPS) is 13.0. The molecule has 1 heterocycles. The van der Waals surface area contributed by atoms with Gasteiger partial charge in [-0.2, -0.15) is 0 Å². The highest BCUT2D eigenvalue weighted by atomic mass is 15.2. The van der Waals surface area contributed by atoms with E-state index < -0.39 is 0 Å². The minimum Gasteiger partial charge on any atom is -0.369 e. The molecule has 1 unspecified atom stereocenters. The zero-order chi connectivity index (χ0) is 11.7. The van der Waals surface area contributed by atoms with Gasteiger partial charge in [0.05, 0.1) is 5.69 Å². The molecule has 0 amide bonds. The lowest BCUT2D eigenvalue weighted by Crippen LogP contribution is -2.35. The van der Waals surface area contributed by atoms with Crippen LogP contribution in [-0.2, 0) is 7.05 Å². The zero-order valence-electron chi connectivity index (χ0n) is 10.1. The van der Waals surface area contributed by atoms with Crippen molar-refractivity contribution in [2.45, 2.75) is 13.0 Å². The van der Waals surface area contributed by atoms with Crippen molar-refractivity contribution in [2.75, 3.05) is 18.5 Å². The lowest BCUT2D eigenvalue weighted by atomic mass is 10.2. The summed E-state index contributed by atoms with van der Waals surface area (Å²) in [5.41, 5.74) is 8.22. The largest absolute Gasteiger partial charge is 0.369 e. The number of hydrogen-bond donors (Lipinski definition) is 1. The van der Waals surface area contributed by atoms with Gasteiger partial charge in [-0.1, -0.05) is 18.2 Å². The number of aryl methyl sites for hydroxylation is 1. The Labute approximate surface area is 96.5 Å². The number of hydrogen-bond acceptors (Lipinski definition) is 2. The van der Waals surface area contributed by atoms with Crippen molar-refractivity contribution in [1.29, 1.82) is 0 Å². The molecule has 3 heteroatoms. The molecule has 2 aromatic rings. The van der Waals surface area contributed by atoms with Crippen LogP contribution < -0.4 is 10.6 Å². The number of likely N-dealkylation sites (N-methyl/N-ethyl adjacent to an activating group) is 1. The summed E-state index contributed by atoms with van der Waals surface area (Å²) in [6.45, 7) is 2.81. The highest BCUT2D eigenvalue weighted by Crippen LogP contribution is 2.28. The van der Waals surface area contributed by atoms with Gasteiger partial charge in [0.15, 0.2) is 0 Å².